The van der Waals surface area contributed by atoms with E-state index in [1.165, 1.54) is 0 Å². The molecule has 2 rings (SSSR count). The second-order valence-electron chi connectivity index (χ2n) is 3.46. The molecule has 0 radical (unpaired) electrons. The average Bonchev–Trinajstić information content (AvgIpc) is 2.87. The zero-order valence-corrected chi connectivity index (χ0v) is 9.99. The molecule has 0 aromatic carbocycles. The molecule has 2 aromatic rings. The minimum absolute atomic E-state index is 0.0431. The third kappa shape index (κ3) is 1.88. The fourth-order valence-electron chi connectivity index (χ4n) is 1.47. The molecule has 0 amide bonds. The van der Waals surface area contributed by atoms with Crippen LogP contribution >= 0.6 is 11.5 Å². The first kappa shape index (κ1) is 10.9. The summed E-state index contributed by atoms with van der Waals surface area (Å²) in [6.45, 7) is 4.59. The van der Waals surface area contributed by atoms with Gasteiger partial charge in [0.1, 0.15) is 10.6 Å². The van der Waals surface area contributed by atoms with Gasteiger partial charge in [-0.1, -0.05) is 11.4 Å². The zero-order chi connectivity index (χ0) is 11.5. The number of carbonyl (C=O) groups excluding carboxylic acids is 1. The number of aryl methyl sites for hydroxylation is 2. The van der Waals surface area contributed by atoms with Gasteiger partial charge in [0.2, 0.25) is 5.78 Å². The first-order chi connectivity index (χ1) is 7.74. The Labute approximate surface area is 97.3 Å². The van der Waals surface area contributed by atoms with Gasteiger partial charge in [-0.3, -0.25) is 9.48 Å². The fraction of sp³-hybridized carbons (Fsp3) is 0.400. The number of rotatable bonds is 4. The Balaban J connectivity index is 2.34. The van der Waals surface area contributed by atoms with Crippen molar-refractivity contribution in [3.63, 3.8) is 0 Å². The maximum absolute atomic E-state index is 12.2. The van der Waals surface area contributed by atoms with Crippen LogP contribution in [0.1, 0.15) is 34.4 Å². The summed E-state index contributed by atoms with van der Waals surface area (Å²) >= 11 is 1.13. The molecule has 0 saturated heterocycles. The molecular weight excluding hydrogens is 224 g/mol. The number of ketones is 1. The standard InChI is InChI=1S/C10H12N4OS/c1-3-6-14-8(4-5-11-14)9(15)10-7(2)12-13-16-10/h4-5H,3,6H2,1-2H3. The Kier molecular flexibility index (Phi) is 3.09. The van der Waals surface area contributed by atoms with E-state index in [1.54, 1.807) is 23.9 Å². The van der Waals surface area contributed by atoms with Crippen molar-refractivity contribution in [2.24, 2.45) is 0 Å². The lowest BCUT2D eigenvalue weighted by molar-refractivity contribution is 0.103. The van der Waals surface area contributed by atoms with E-state index in [-0.39, 0.29) is 5.78 Å². The van der Waals surface area contributed by atoms with Gasteiger partial charge in [-0.2, -0.15) is 5.10 Å². The SMILES string of the molecule is CCCn1nccc1C(=O)c1snnc1C. The van der Waals surface area contributed by atoms with Crippen molar-refractivity contribution in [3.05, 3.63) is 28.5 Å². The van der Waals surface area contributed by atoms with Crippen molar-refractivity contribution < 1.29 is 4.79 Å². The maximum Gasteiger partial charge on any atom is 0.224 e. The summed E-state index contributed by atoms with van der Waals surface area (Å²) in [7, 11) is 0. The van der Waals surface area contributed by atoms with Gasteiger partial charge in [-0.25, -0.2) is 0 Å². The van der Waals surface area contributed by atoms with Gasteiger partial charge in [-0.05, 0) is 30.9 Å². The monoisotopic (exact) mass is 236 g/mol. The van der Waals surface area contributed by atoms with Crippen LogP contribution in [0.3, 0.4) is 0 Å². The molecule has 0 N–H and O–H groups in total. The van der Waals surface area contributed by atoms with Crippen molar-refractivity contribution in [1.29, 1.82) is 0 Å². The van der Waals surface area contributed by atoms with Gasteiger partial charge >= 0.3 is 0 Å². The number of carbonyl (C=O) groups is 1. The lowest BCUT2D eigenvalue weighted by Gasteiger charge is -2.03. The largest absolute Gasteiger partial charge is 0.286 e. The molecule has 0 unspecified atom stereocenters. The summed E-state index contributed by atoms with van der Waals surface area (Å²) in [5, 5.41) is 7.97. The van der Waals surface area contributed by atoms with Gasteiger partial charge < -0.3 is 0 Å². The molecular formula is C10H12N4OS. The Morgan fingerprint density at radius 3 is 3.00 bits per heavy atom. The number of hydrogen-bond donors (Lipinski definition) is 0. The van der Waals surface area contributed by atoms with Crippen LogP contribution in [0.5, 0.6) is 0 Å². The molecule has 5 nitrogen and oxygen atoms in total. The second-order valence-corrected chi connectivity index (χ2v) is 4.21. The molecule has 0 aliphatic heterocycles. The van der Waals surface area contributed by atoms with E-state index in [1.807, 2.05) is 0 Å². The molecule has 16 heavy (non-hydrogen) atoms. The highest BCUT2D eigenvalue weighted by Gasteiger charge is 2.18. The molecule has 0 atom stereocenters. The van der Waals surface area contributed by atoms with Crippen LogP contribution in [0.25, 0.3) is 0 Å². The number of nitrogens with zero attached hydrogens (tertiary/aromatic N) is 4. The van der Waals surface area contributed by atoms with Crippen LogP contribution in [0.4, 0.5) is 0 Å². The third-order valence-electron chi connectivity index (χ3n) is 2.24. The van der Waals surface area contributed by atoms with E-state index in [9.17, 15) is 4.79 Å². The van der Waals surface area contributed by atoms with E-state index in [4.69, 9.17) is 0 Å². The molecule has 84 valence electrons. The van der Waals surface area contributed by atoms with E-state index >= 15 is 0 Å². The summed E-state index contributed by atoms with van der Waals surface area (Å²) in [6.07, 6.45) is 2.59. The van der Waals surface area contributed by atoms with Gasteiger partial charge in [0.25, 0.3) is 0 Å². The predicted molar refractivity (Wildman–Crippen MR) is 60.6 cm³/mol. The topological polar surface area (TPSA) is 60.7 Å². The Morgan fingerprint density at radius 1 is 1.56 bits per heavy atom. The Hall–Kier alpha value is -1.56. The van der Waals surface area contributed by atoms with Crippen LogP contribution in [-0.4, -0.2) is 25.2 Å². The summed E-state index contributed by atoms with van der Waals surface area (Å²) in [5.41, 5.74) is 1.29. The quantitative estimate of drug-likeness (QED) is 0.758. The van der Waals surface area contributed by atoms with Crippen molar-refractivity contribution in [3.8, 4) is 0 Å². The molecule has 2 aromatic heterocycles. The van der Waals surface area contributed by atoms with E-state index in [2.05, 4.69) is 21.6 Å². The van der Waals surface area contributed by atoms with Crippen molar-refractivity contribution in [2.75, 3.05) is 0 Å². The lowest BCUT2D eigenvalue weighted by atomic mass is 10.2. The smallest absolute Gasteiger partial charge is 0.224 e. The highest BCUT2D eigenvalue weighted by atomic mass is 32.1. The van der Waals surface area contributed by atoms with Crippen molar-refractivity contribution in [1.82, 2.24) is 19.4 Å². The predicted octanol–water partition coefficient (Wildman–Crippen LogP) is 1.68. The molecule has 6 heteroatoms. The van der Waals surface area contributed by atoms with Gasteiger partial charge in [0.05, 0.1) is 5.69 Å². The van der Waals surface area contributed by atoms with Crippen LogP contribution in [0, 0.1) is 6.92 Å². The fourth-order valence-corrected chi connectivity index (χ4v) is 2.08. The molecule has 0 spiro atoms. The van der Waals surface area contributed by atoms with Gasteiger partial charge in [0, 0.05) is 12.7 Å². The summed E-state index contributed by atoms with van der Waals surface area (Å²) < 4.78 is 5.49. The number of hydrogen-bond acceptors (Lipinski definition) is 5. The molecule has 0 fully saturated rings. The van der Waals surface area contributed by atoms with Crippen LogP contribution < -0.4 is 0 Å². The molecule has 0 aliphatic rings. The van der Waals surface area contributed by atoms with Gasteiger partial charge in [0.15, 0.2) is 0 Å². The van der Waals surface area contributed by atoms with Crippen LogP contribution in [0.15, 0.2) is 12.3 Å². The Morgan fingerprint density at radius 2 is 2.38 bits per heavy atom. The minimum atomic E-state index is -0.0431. The molecule has 0 bridgehead atoms. The zero-order valence-electron chi connectivity index (χ0n) is 9.17. The summed E-state index contributed by atoms with van der Waals surface area (Å²) in [6, 6.07) is 1.73. The van der Waals surface area contributed by atoms with Crippen LogP contribution in [0.2, 0.25) is 0 Å². The maximum atomic E-state index is 12.2. The third-order valence-corrected chi connectivity index (χ3v) is 3.07. The first-order valence-electron chi connectivity index (χ1n) is 5.09. The highest BCUT2D eigenvalue weighted by Crippen LogP contribution is 2.15. The first-order valence-corrected chi connectivity index (χ1v) is 5.86. The van der Waals surface area contributed by atoms with E-state index in [0.717, 1.165) is 24.5 Å². The van der Waals surface area contributed by atoms with Gasteiger partial charge in [-0.15, -0.1) is 5.10 Å². The molecule has 2 heterocycles. The normalized spacial score (nSPS) is 10.6. The second kappa shape index (κ2) is 4.52. The van der Waals surface area contributed by atoms with E-state index < -0.39 is 0 Å². The minimum Gasteiger partial charge on any atom is -0.286 e. The lowest BCUT2D eigenvalue weighted by Crippen LogP contribution is -2.11. The van der Waals surface area contributed by atoms with Crippen molar-refractivity contribution in [2.45, 2.75) is 26.8 Å². The summed E-state index contributed by atoms with van der Waals surface area (Å²) in [5.74, 6) is -0.0431. The van der Waals surface area contributed by atoms with Crippen molar-refractivity contribution >= 4 is 17.3 Å². The molecule has 0 aliphatic carbocycles. The number of aromatic nitrogens is 4. The van der Waals surface area contributed by atoms with Crippen LogP contribution in [-0.2, 0) is 6.54 Å². The highest BCUT2D eigenvalue weighted by molar-refractivity contribution is 7.08. The molecule has 0 saturated carbocycles. The van der Waals surface area contributed by atoms with E-state index in [0.29, 0.717) is 16.3 Å². The summed E-state index contributed by atoms with van der Waals surface area (Å²) in [4.78, 5) is 12.7. The Bertz CT molecular complexity index is 502. The average molecular weight is 236 g/mol.